The van der Waals surface area contributed by atoms with Gasteiger partial charge in [-0.05, 0) is 57.7 Å². The van der Waals surface area contributed by atoms with E-state index in [2.05, 4.69) is 67.8 Å². The van der Waals surface area contributed by atoms with Crippen molar-refractivity contribution in [2.75, 3.05) is 6.61 Å². The Balaban J connectivity index is 3.12. The molecule has 0 heterocycles. The number of aliphatic hydroxyl groups is 1. The third-order valence-electron chi connectivity index (χ3n) is 2.19. The van der Waals surface area contributed by atoms with Gasteiger partial charge >= 0.3 is 0 Å². The summed E-state index contributed by atoms with van der Waals surface area (Å²) >= 11 is 6.56. The first-order valence-electron chi connectivity index (χ1n) is 4.25. The van der Waals surface area contributed by atoms with Crippen LogP contribution >= 0.6 is 67.8 Å². The van der Waals surface area contributed by atoms with Crippen molar-refractivity contribution in [1.29, 1.82) is 0 Å². The maximum atomic E-state index is 11.4. The Morgan fingerprint density at radius 2 is 2.20 bits per heavy atom. The summed E-state index contributed by atoms with van der Waals surface area (Å²) in [7, 11) is 0. The molecule has 1 amide bonds. The molecule has 1 rings (SSSR count). The predicted octanol–water partition coefficient (Wildman–Crippen LogP) is 2.30. The summed E-state index contributed by atoms with van der Waals surface area (Å²) in [5.41, 5.74) is 5.41. The van der Waals surface area contributed by atoms with Gasteiger partial charge in [-0.2, -0.15) is 0 Å². The molecule has 0 aromatic carbocycles. The molecule has 3 N–H and O–H groups in total. The van der Waals surface area contributed by atoms with Gasteiger partial charge in [0.1, 0.15) is 0 Å². The number of carbonyl (C=O) groups excluding carboxylic acids is 1. The molecule has 0 aromatic heterocycles. The number of rotatable bonds is 3. The fraction of sp³-hybridized carbons (Fsp3) is 0.444. The molecule has 0 bridgehead atoms. The standard InChI is InChI=1S/C9H10I3NO2/c10-5-3-6(11)7(8(13)15)9(12,4-5)1-2-14/h3-4,7,14H,1-2H2,(H2,13,15). The van der Waals surface area contributed by atoms with Gasteiger partial charge < -0.3 is 10.8 Å². The number of nitrogens with two attached hydrogens (primary N) is 1. The molecule has 15 heavy (non-hydrogen) atoms. The third-order valence-corrected chi connectivity index (χ3v) is 5.22. The van der Waals surface area contributed by atoms with E-state index in [9.17, 15) is 4.79 Å². The quantitative estimate of drug-likeness (QED) is 0.423. The zero-order valence-corrected chi connectivity index (χ0v) is 14.2. The van der Waals surface area contributed by atoms with Crippen molar-refractivity contribution in [1.82, 2.24) is 0 Å². The summed E-state index contributed by atoms with van der Waals surface area (Å²) < 4.78 is 1.63. The number of aliphatic hydroxyl groups excluding tert-OH is 1. The second-order valence-corrected chi connectivity index (χ2v) is 7.79. The van der Waals surface area contributed by atoms with Crippen molar-refractivity contribution >= 4 is 73.7 Å². The van der Waals surface area contributed by atoms with Crippen LogP contribution in [0.2, 0.25) is 0 Å². The first kappa shape index (κ1) is 14.2. The molecule has 1 aliphatic carbocycles. The second-order valence-electron chi connectivity index (χ2n) is 3.29. The summed E-state index contributed by atoms with van der Waals surface area (Å²) in [6, 6.07) is 0. The Kier molecular flexibility index (Phi) is 5.31. The van der Waals surface area contributed by atoms with Crippen LogP contribution in [-0.2, 0) is 4.79 Å². The minimum atomic E-state index is -0.389. The van der Waals surface area contributed by atoms with Crippen LogP contribution in [0.25, 0.3) is 0 Å². The summed E-state index contributed by atoms with van der Waals surface area (Å²) in [5, 5.41) is 9.05. The van der Waals surface area contributed by atoms with Gasteiger partial charge in [0, 0.05) is 13.8 Å². The van der Waals surface area contributed by atoms with Crippen molar-refractivity contribution in [2.24, 2.45) is 11.7 Å². The molecular weight excluding hydrogens is 535 g/mol. The molecule has 0 spiro atoms. The lowest BCUT2D eigenvalue weighted by molar-refractivity contribution is -0.120. The van der Waals surface area contributed by atoms with Gasteiger partial charge in [0.2, 0.25) is 5.91 Å². The van der Waals surface area contributed by atoms with Crippen molar-refractivity contribution < 1.29 is 9.90 Å². The van der Waals surface area contributed by atoms with Crippen molar-refractivity contribution in [2.45, 2.75) is 9.84 Å². The van der Waals surface area contributed by atoms with Crippen LogP contribution in [0.4, 0.5) is 0 Å². The lowest BCUT2D eigenvalue weighted by atomic mass is 9.85. The van der Waals surface area contributed by atoms with Gasteiger partial charge in [-0.3, -0.25) is 4.79 Å². The van der Waals surface area contributed by atoms with Crippen molar-refractivity contribution in [3.05, 3.63) is 19.3 Å². The number of halogens is 3. The molecule has 6 heteroatoms. The molecule has 0 fully saturated rings. The molecular formula is C9H10I3NO2. The van der Waals surface area contributed by atoms with Gasteiger partial charge in [-0.25, -0.2) is 0 Å². The number of amides is 1. The number of allylic oxidation sites excluding steroid dienone is 3. The topological polar surface area (TPSA) is 63.3 Å². The van der Waals surface area contributed by atoms with Gasteiger partial charge in [0.25, 0.3) is 0 Å². The Bertz CT molecular complexity index is 340. The van der Waals surface area contributed by atoms with Crippen LogP contribution in [0, 0.1) is 5.92 Å². The molecule has 0 radical (unpaired) electrons. The Hall–Kier alpha value is 1.10. The monoisotopic (exact) mass is 545 g/mol. The summed E-state index contributed by atoms with van der Waals surface area (Å²) in [4.78, 5) is 11.4. The van der Waals surface area contributed by atoms with E-state index >= 15 is 0 Å². The number of primary amides is 1. The maximum absolute atomic E-state index is 11.4. The van der Waals surface area contributed by atoms with Gasteiger partial charge in [0.15, 0.2) is 0 Å². The largest absolute Gasteiger partial charge is 0.396 e. The molecule has 2 atom stereocenters. The number of hydrogen-bond donors (Lipinski definition) is 2. The molecule has 0 aromatic rings. The van der Waals surface area contributed by atoms with E-state index in [-0.39, 0.29) is 21.9 Å². The normalized spacial score (nSPS) is 30.8. The van der Waals surface area contributed by atoms with Gasteiger partial charge in [0.05, 0.1) is 9.34 Å². The van der Waals surface area contributed by atoms with Crippen LogP contribution in [0.3, 0.4) is 0 Å². The number of hydrogen-bond acceptors (Lipinski definition) is 2. The van der Waals surface area contributed by atoms with Crippen molar-refractivity contribution in [3.8, 4) is 0 Å². The van der Waals surface area contributed by atoms with Crippen LogP contribution < -0.4 is 5.73 Å². The highest BCUT2D eigenvalue weighted by molar-refractivity contribution is 14.1. The van der Waals surface area contributed by atoms with Gasteiger partial charge in [-0.1, -0.05) is 28.7 Å². The van der Waals surface area contributed by atoms with Crippen LogP contribution in [0.15, 0.2) is 19.3 Å². The highest BCUT2D eigenvalue weighted by atomic mass is 127. The minimum Gasteiger partial charge on any atom is -0.396 e. The highest BCUT2D eigenvalue weighted by Crippen LogP contribution is 2.45. The van der Waals surface area contributed by atoms with Crippen LogP contribution in [0.1, 0.15) is 6.42 Å². The SMILES string of the molecule is NC(=O)C1C(I)=CC(I)=CC1(I)CCO. The number of alkyl halides is 1. The number of carbonyl (C=O) groups is 1. The molecule has 0 saturated carbocycles. The van der Waals surface area contributed by atoms with Crippen LogP contribution in [0.5, 0.6) is 0 Å². The molecule has 3 nitrogen and oxygen atoms in total. The summed E-state index contributed by atoms with van der Waals surface area (Å²) in [6.45, 7) is 0.0526. The Morgan fingerprint density at radius 3 is 2.67 bits per heavy atom. The lowest BCUT2D eigenvalue weighted by Crippen LogP contribution is -2.41. The fourth-order valence-corrected chi connectivity index (χ4v) is 6.65. The van der Waals surface area contributed by atoms with E-state index in [1.807, 2.05) is 12.2 Å². The first-order chi connectivity index (χ1) is 6.90. The summed E-state index contributed by atoms with van der Waals surface area (Å²) in [5.74, 6) is -0.664. The van der Waals surface area contributed by atoms with E-state index < -0.39 is 0 Å². The molecule has 84 valence electrons. The predicted molar refractivity (Wildman–Crippen MR) is 85.3 cm³/mol. The van der Waals surface area contributed by atoms with Gasteiger partial charge in [-0.15, -0.1) is 0 Å². The average molecular weight is 545 g/mol. The maximum Gasteiger partial charge on any atom is 0.227 e. The molecule has 1 aliphatic rings. The van der Waals surface area contributed by atoms with E-state index in [1.54, 1.807) is 0 Å². The first-order valence-corrected chi connectivity index (χ1v) is 7.49. The minimum absolute atomic E-state index is 0.0526. The van der Waals surface area contributed by atoms with Crippen molar-refractivity contribution in [3.63, 3.8) is 0 Å². The smallest absolute Gasteiger partial charge is 0.227 e. The molecule has 2 unspecified atom stereocenters. The Morgan fingerprint density at radius 1 is 1.60 bits per heavy atom. The van der Waals surface area contributed by atoms with E-state index in [0.29, 0.717) is 6.42 Å². The third kappa shape index (κ3) is 3.28. The van der Waals surface area contributed by atoms with E-state index in [1.165, 1.54) is 0 Å². The zero-order chi connectivity index (χ0) is 11.6. The lowest BCUT2D eigenvalue weighted by Gasteiger charge is -2.33. The second kappa shape index (κ2) is 5.63. The van der Waals surface area contributed by atoms with Crippen LogP contribution in [-0.4, -0.2) is 21.0 Å². The molecule has 0 aliphatic heterocycles. The summed E-state index contributed by atoms with van der Waals surface area (Å²) in [6.07, 6.45) is 4.49. The average Bonchev–Trinajstić information content (AvgIpc) is 1.99. The molecule has 0 saturated heterocycles. The van der Waals surface area contributed by atoms with E-state index in [0.717, 1.165) is 7.16 Å². The van der Waals surface area contributed by atoms with E-state index in [4.69, 9.17) is 10.8 Å². The zero-order valence-electron chi connectivity index (χ0n) is 7.71. The Labute approximate surface area is 129 Å². The highest BCUT2D eigenvalue weighted by Gasteiger charge is 2.41. The fourth-order valence-electron chi connectivity index (χ4n) is 1.56.